The number of carbonyl (C=O) groups excluding carboxylic acids is 1. The zero-order valence-electron chi connectivity index (χ0n) is 12.8. The summed E-state index contributed by atoms with van der Waals surface area (Å²) in [6, 6.07) is 1.51. The molecule has 116 valence electrons. The van der Waals surface area contributed by atoms with Crippen LogP contribution in [0.5, 0.6) is 0 Å². The smallest absolute Gasteiger partial charge is 0.409 e. The molecule has 1 N–H and O–H groups in total. The normalized spacial score (nSPS) is 15.4. The number of nitrogens with one attached hydrogen (secondary N) is 1. The molecule has 2 heterocycles. The molecule has 0 atom stereocenters. The van der Waals surface area contributed by atoms with Crippen LogP contribution in [-0.4, -0.2) is 53.7 Å². The predicted octanol–water partition coefficient (Wildman–Crippen LogP) is 1.17. The van der Waals surface area contributed by atoms with Crippen LogP contribution < -0.4 is 10.5 Å². The number of anilines is 1. The fourth-order valence-corrected chi connectivity index (χ4v) is 2.23. The molecule has 0 bridgehead atoms. The third-order valence-electron chi connectivity index (χ3n) is 3.42. The van der Waals surface area contributed by atoms with Gasteiger partial charge in [-0.2, -0.15) is 0 Å². The second kappa shape index (κ2) is 6.60. The number of carbonyl (C=O) groups is 1. The van der Waals surface area contributed by atoms with Crippen molar-refractivity contribution in [3.8, 4) is 0 Å². The highest BCUT2D eigenvalue weighted by Crippen LogP contribution is 2.15. The predicted molar refractivity (Wildman–Crippen MR) is 79.8 cm³/mol. The first-order valence-electron chi connectivity index (χ1n) is 7.29. The number of nitrogens with zero attached hydrogens (tertiary/aromatic N) is 3. The van der Waals surface area contributed by atoms with E-state index in [-0.39, 0.29) is 17.6 Å². The van der Waals surface area contributed by atoms with Crippen LogP contribution >= 0.6 is 0 Å². The van der Waals surface area contributed by atoms with Crippen LogP contribution in [0.1, 0.15) is 32.5 Å². The summed E-state index contributed by atoms with van der Waals surface area (Å²) in [7, 11) is 0. The summed E-state index contributed by atoms with van der Waals surface area (Å²) >= 11 is 0. The zero-order chi connectivity index (χ0) is 15.4. The van der Waals surface area contributed by atoms with Gasteiger partial charge in [0.1, 0.15) is 11.6 Å². The van der Waals surface area contributed by atoms with Gasteiger partial charge in [-0.15, -0.1) is 0 Å². The Labute approximate surface area is 123 Å². The van der Waals surface area contributed by atoms with Crippen LogP contribution in [0.2, 0.25) is 0 Å². The van der Waals surface area contributed by atoms with E-state index in [0.717, 1.165) is 0 Å². The first-order chi connectivity index (χ1) is 10.0. The molecular weight excluding hydrogens is 272 g/mol. The number of aromatic nitrogens is 2. The van der Waals surface area contributed by atoms with Gasteiger partial charge < -0.3 is 19.5 Å². The van der Waals surface area contributed by atoms with Crippen molar-refractivity contribution in [3.63, 3.8) is 0 Å². The van der Waals surface area contributed by atoms with Crippen LogP contribution in [0.15, 0.2) is 10.9 Å². The average molecular weight is 294 g/mol. The number of rotatable bonds is 3. The molecule has 21 heavy (non-hydrogen) atoms. The van der Waals surface area contributed by atoms with E-state index in [1.807, 2.05) is 18.7 Å². The molecular formula is C14H22N4O3. The van der Waals surface area contributed by atoms with Gasteiger partial charge in [0.25, 0.3) is 5.56 Å². The number of H-pyrrole nitrogens is 1. The zero-order valence-corrected chi connectivity index (χ0v) is 12.8. The molecule has 0 spiro atoms. The lowest BCUT2D eigenvalue weighted by atomic mass is 10.2. The van der Waals surface area contributed by atoms with E-state index < -0.39 is 0 Å². The Morgan fingerprint density at radius 1 is 1.38 bits per heavy atom. The van der Waals surface area contributed by atoms with E-state index in [2.05, 4.69) is 9.97 Å². The van der Waals surface area contributed by atoms with Crippen molar-refractivity contribution < 1.29 is 9.53 Å². The van der Waals surface area contributed by atoms with Gasteiger partial charge in [0.05, 0.1) is 6.61 Å². The van der Waals surface area contributed by atoms with Gasteiger partial charge in [0.15, 0.2) is 0 Å². The van der Waals surface area contributed by atoms with E-state index in [0.29, 0.717) is 44.4 Å². The van der Waals surface area contributed by atoms with Crippen molar-refractivity contribution >= 4 is 11.9 Å². The molecule has 2 rings (SSSR count). The molecule has 0 saturated carbocycles. The Morgan fingerprint density at radius 2 is 2.05 bits per heavy atom. The Bertz CT molecular complexity index is 547. The summed E-state index contributed by atoms with van der Waals surface area (Å²) < 4.78 is 4.99. The van der Waals surface area contributed by atoms with E-state index >= 15 is 0 Å². The molecule has 1 aliphatic rings. The number of aromatic amines is 1. The van der Waals surface area contributed by atoms with E-state index in [1.165, 1.54) is 6.07 Å². The molecule has 0 aromatic carbocycles. The first-order valence-corrected chi connectivity index (χ1v) is 7.29. The van der Waals surface area contributed by atoms with Gasteiger partial charge in [0, 0.05) is 38.2 Å². The van der Waals surface area contributed by atoms with Gasteiger partial charge in [0.2, 0.25) is 0 Å². The Hall–Kier alpha value is -2.05. The highest BCUT2D eigenvalue weighted by molar-refractivity contribution is 5.68. The minimum absolute atomic E-state index is 0.142. The first kappa shape index (κ1) is 15.3. The van der Waals surface area contributed by atoms with Gasteiger partial charge >= 0.3 is 6.09 Å². The molecule has 1 fully saturated rings. The van der Waals surface area contributed by atoms with E-state index in [4.69, 9.17) is 4.74 Å². The standard InChI is InChI=1S/C14H22N4O3/c1-4-21-14(20)18-7-5-17(6-8-18)11-9-12(19)16-13(15-11)10(2)3/h9-10H,4-8H2,1-3H3,(H,15,16,19). The van der Waals surface area contributed by atoms with Gasteiger partial charge in [-0.25, -0.2) is 9.78 Å². The van der Waals surface area contributed by atoms with Crippen molar-refractivity contribution in [2.75, 3.05) is 37.7 Å². The highest BCUT2D eigenvalue weighted by atomic mass is 16.6. The molecule has 1 saturated heterocycles. The minimum atomic E-state index is -0.279. The quantitative estimate of drug-likeness (QED) is 0.905. The number of hydrogen-bond acceptors (Lipinski definition) is 5. The minimum Gasteiger partial charge on any atom is -0.450 e. The van der Waals surface area contributed by atoms with Gasteiger partial charge in [-0.1, -0.05) is 13.8 Å². The molecule has 0 aliphatic carbocycles. The third kappa shape index (κ3) is 3.74. The summed E-state index contributed by atoms with van der Waals surface area (Å²) in [4.78, 5) is 34.3. The number of hydrogen-bond donors (Lipinski definition) is 1. The lowest BCUT2D eigenvalue weighted by Gasteiger charge is -2.34. The molecule has 0 unspecified atom stereocenters. The van der Waals surface area contributed by atoms with Crippen LogP contribution in [0, 0.1) is 0 Å². The lowest BCUT2D eigenvalue weighted by Crippen LogP contribution is -2.49. The van der Waals surface area contributed by atoms with Crippen LogP contribution in [0.25, 0.3) is 0 Å². The van der Waals surface area contributed by atoms with Gasteiger partial charge in [-0.3, -0.25) is 4.79 Å². The van der Waals surface area contributed by atoms with Crippen molar-refractivity contribution in [3.05, 3.63) is 22.2 Å². The van der Waals surface area contributed by atoms with Crippen LogP contribution in [0.3, 0.4) is 0 Å². The average Bonchev–Trinajstić information content (AvgIpc) is 2.47. The molecule has 1 aromatic heterocycles. The SMILES string of the molecule is CCOC(=O)N1CCN(c2cc(=O)[nH]c(C(C)C)n2)CC1. The van der Waals surface area contributed by atoms with E-state index in [1.54, 1.807) is 11.8 Å². The highest BCUT2D eigenvalue weighted by Gasteiger charge is 2.23. The van der Waals surface area contributed by atoms with Crippen molar-refractivity contribution in [2.45, 2.75) is 26.7 Å². The Balaban J connectivity index is 2.05. The van der Waals surface area contributed by atoms with Crippen molar-refractivity contribution in [2.24, 2.45) is 0 Å². The molecule has 1 aliphatic heterocycles. The third-order valence-corrected chi connectivity index (χ3v) is 3.42. The second-order valence-electron chi connectivity index (χ2n) is 5.32. The maximum atomic E-state index is 11.7. The summed E-state index contributed by atoms with van der Waals surface area (Å²) in [6.45, 7) is 8.59. The molecule has 7 heteroatoms. The fourth-order valence-electron chi connectivity index (χ4n) is 2.23. The molecule has 7 nitrogen and oxygen atoms in total. The monoisotopic (exact) mass is 294 g/mol. The van der Waals surface area contributed by atoms with Crippen molar-refractivity contribution in [1.29, 1.82) is 0 Å². The summed E-state index contributed by atoms with van der Waals surface area (Å²) in [5.74, 6) is 1.52. The topological polar surface area (TPSA) is 78.5 Å². The lowest BCUT2D eigenvalue weighted by molar-refractivity contribution is 0.105. The molecule has 1 amide bonds. The molecule has 0 radical (unpaired) electrons. The van der Waals surface area contributed by atoms with Crippen LogP contribution in [-0.2, 0) is 4.74 Å². The van der Waals surface area contributed by atoms with Gasteiger partial charge in [-0.05, 0) is 6.92 Å². The van der Waals surface area contributed by atoms with Crippen molar-refractivity contribution in [1.82, 2.24) is 14.9 Å². The Morgan fingerprint density at radius 3 is 2.62 bits per heavy atom. The Kier molecular flexibility index (Phi) is 4.82. The fraction of sp³-hybridized carbons (Fsp3) is 0.643. The van der Waals surface area contributed by atoms with Crippen LogP contribution in [0.4, 0.5) is 10.6 Å². The maximum absolute atomic E-state index is 11.7. The number of piperazine rings is 1. The number of amides is 1. The van der Waals surface area contributed by atoms with E-state index in [9.17, 15) is 9.59 Å². The summed E-state index contributed by atoms with van der Waals surface area (Å²) in [5.41, 5.74) is -0.142. The second-order valence-corrected chi connectivity index (χ2v) is 5.32. The summed E-state index contributed by atoms with van der Waals surface area (Å²) in [5, 5.41) is 0. The number of ether oxygens (including phenoxy) is 1. The molecule has 1 aromatic rings. The largest absolute Gasteiger partial charge is 0.450 e. The summed E-state index contributed by atoms with van der Waals surface area (Å²) in [6.07, 6.45) is -0.279. The maximum Gasteiger partial charge on any atom is 0.409 e.